The van der Waals surface area contributed by atoms with Crippen LogP contribution in [0.4, 0.5) is 0 Å². The van der Waals surface area contributed by atoms with Gasteiger partial charge in [0.15, 0.2) is 0 Å². The summed E-state index contributed by atoms with van der Waals surface area (Å²) in [6.45, 7) is 2.25. The van der Waals surface area contributed by atoms with E-state index in [4.69, 9.17) is 16.3 Å². The number of sulfone groups is 1. The Kier molecular flexibility index (Phi) is 5.05. The largest absolute Gasteiger partial charge is 0.477 e. The van der Waals surface area contributed by atoms with Gasteiger partial charge in [-0.25, -0.2) is 13.4 Å². The fourth-order valence-electron chi connectivity index (χ4n) is 2.10. The number of pyridine rings is 1. The Bertz CT molecular complexity index is 619. The zero-order chi connectivity index (χ0) is 15.5. The number of rotatable bonds is 4. The summed E-state index contributed by atoms with van der Waals surface area (Å²) < 4.78 is 27.9. The molecular formula is C13H17ClN2O4S. The molecule has 116 valence electrons. The number of hydrogen-bond acceptors (Lipinski definition) is 5. The molecule has 1 aromatic rings. The van der Waals surface area contributed by atoms with Gasteiger partial charge < -0.3 is 10.1 Å². The average molecular weight is 333 g/mol. The first-order valence-electron chi connectivity index (χ1n) is 6.71. The molecule has 0 aromatic carbocycles. The van der Waals surface area contributed by atoms with Gasteiger partial charge in [-0.05, 0) is 25.8 Å². The molecule has 0 bridgehead atoms. The first-order chi connectivity index (χ1) is 9.91. The molecule has 2 rings (SSSR count). The van der Waals surface area contributed by atoms with Gasteiger partial charge in [0.2, 0.25) is 5.88 Å². The lowest BCUT2D eigenvalue weighted by atomic mass is 10.1. The first kappa shape index (κ1) is 16.0. The molecule has 1 aromatic heterocycles. The molecule has 0 atom stereocenters. The van der Waals surface area contributed by atoms with Crippen LogP contribution in [0.5, 0.6) is 5.88 Å². The number of ether oxygens (including phenoxy) is 1. The molecule has 0 spiro atoms. The molecule has 0 saturated carbocycles. The third kappa shape index (κ3) is 4.31. The summed E-state index contributed by atoms with van der Waals surface area (Å²) in [6.07, 6.45) is 2.27. The van der Waals surface area contributed by atoms with Crippen molar-refractivity contribution < 1.29 is 17.9 Å². The molecule has 1 aliphatic rings. The van der Waals surface area contributed by atoms with Crippen LogP contribution < -0.4 is 10.1 Å². The molecule has 8 heteroatoms. The van der Waals surface area contributed by atoms with E-state index >= 15 is 0 Å². The second-order valence-corrected chi connectivity index (χ2v) is 7.55. The zero-order valence-electron chi connectivity index (χ0n) is 11.6. The van der Waals surface area contributed by atoms with Crippen molar-refractivity contribution in [3.63, 3.8) is 0 Å². The van der Waals surface area contributed by atoms with Gasteiger partial charge in [-0.15, -0.1) is 0 Å². The van der Waals surface area contributed by atoms with Crippen molar-refractivity contribution in [3.8, 4) is 5.88 Å². The highest BCUT2D eigenvalue weighted by atomic mass is 35.5. The van der Waals surface area contributed by atoms with E-state index in [-0.39, 0.29) is 28.5 Å². The maximum Gasteiger partial charge on any atom is 0.253 e. The van der Waals surface area contributed by atoms with Gasteiger partial charge in [0.25, 0.3) is 5.91 Å². The minimum absolute atomic E-state index is 0.111. The van der Waals surface area contributed by atoms with Gasteiger partial charge >= 0.3 is 0 Å². The second kappa shape index (κ2) is 6.62. The topological polar surface area (TPSA) is 85.4 Å². The van der Waals surface area contributed by atoms with E-state index in [9.17, 15) is 13.2 Å². The Hall–Kier alpha value is -1.34. The van der Waals surface area contributed by atoms with E-state index in [1.54, 1.807) is 0 Å². The van der Waals surface area contributed by atoms with Crippen LogP contribution in [0.15, 0.2) is 12.3 Å². The van der Waals surface area contributed by atoms with Gasteiger partial charge in [0.05, 0.1) is 23.7 Å². The molecule has 1 fully saturated rings. The van der Waals surface area contributed by atoms with Crippen molar-refractivity contribution in [2.45, 2.75) is 25.8 Å². The van der Waals surface area contributed by atoms with E-state index in [0.29, 0.717) is 30.9 Å². The monoisotopic (exact) mass is 332 g/mol. The van der Waals surface area contributed by atoms with Crippen LogP contribution in [0, 0.1) is 0 Å². The minimum Gasteiger partial charge on any atom is -0.477 e. The maximum atomic E-state index is 12.1. The molecule has 6 nitrogen and oxygen atoms in total. The third-order valence-electron chi connectivity index (χ3n) is 3.24. The van der Waals surface area contributed by atoms with Crippen molar-refractivity contribution in [1.82, 2.24) is 10.3 Å². The van der Waals surface area contributed by atoms with E-state index in [1.165, 1.54) is 12.3 Å². The van der Waals surface area contributed by atoms with Crippen LogP contribution >= 0.6 is 11.6 Å². The number of carbonyl (C=O) groups is 1. The molecule has 0 unspecified atom stereocenters. The third-order valence-corrected chi connectivity index (χ3v) is 5.23. The maximum absolute atomic E-state index is 12.1. The lowest BCUT2D eigenvalue weighted by Gasteiger charge is -2.23. The number of halogens is 1. The van der Waals surface area contributed by atoms with Gasteiger partial charge in [-0.2, -0.15) is 0 Å². The Labute approximate surface area is 128 Å². The van der Waals surface area contributed by atoms with Crippen LogP contribution in [0.3, 0.4) is 0 Å². The van der Waals surface area contributed by atoms with E-state index < -0.39 is 9.84 Å². The second-order valence-electron chi connectivity index (χ2n) is 4.84. The summed E-state index contributed by atoms with van der Waals surface area (Å²) in [5, 5.41) is 3.08. The highest BCUT2D eigenvalue weighted by molar-refractivity contribution is 7.91. The number of nitrogens with zero attached hydrogens (tertiary/aromatic N) is 1. The molecule has 0 aliphatic carbocycles. The first-order valence-corrected chi connectivity index (χ1v) is 8.91. The Morgan fingerprint density at radius 2 is 2.14 bits per heavy atom. The fraction of sp³-hybridized carbons (Fsp3) is 0.538. The summed E-state index contributed by atoms with van der Waals surface area (Å²) in [5.41, 5.74) is 0.330. The summed E-state index contributed by atoms with van der Waals surface area (Å²) >= 11 is 5.99. The molecule has 0 radical (unpaired) electrons. The van der Waals surface area contributed by atoms with Crippen molar-refractivity contribution in [2.24, 2.45) is 0 Å². The summed E-state index contributed by atoms with van der Waals surface area (Å²) in [7, 11) is -2.94. The number of aromatic nitrogens is 1. The summed E-state index contributed by atoms with van der Waals surface area (Å²) in [6, 6.07) is 1.36. The number of hydrogen-bond donors (Lipinski definition) is 1. The van der Waals surface area contributed by atoms with Gasteiger partial charge in [0, 0.05) is 12.2 Å². The minimum atomic E-state index is -2.94. The molecule has 1 amide bonds. The van der Waals surface area contributed by atoms with E-state index in [0.717, 1.165) is 0 Å². The standard InChI is InChI=1S/C13H17ClN2O4S/c1-2-20-13-11(14)7-9(8-15-13)12(17)16-10-3-5-21(18,19)6-4-10/h7-8,10H,2-6H2,1H3,(H,16,17). The summed E-state index contributed by atoms with van der Waals surface area (Å²) in [5.74, 6) is 0.205. The van der Waals surface area contributed by atoms with Gasteiger partial charge in [-0.3, -0.25) is 4.79 Å². The van der Waals surface area contributed by atoms with E-state index in [1.807, 2.05) is 6.92 Å². The van der Waals surface area contributed by atoms with Crippen LogP contribution in [-0.2, 0) is 9.84 Å². The summed E-state index contributed by atoms with van der Waals surface area (Å²) in [4.78, 5) is 16.1. The molecule has 1 N–H and O–H groups in total. The van der Waals surface area contributed by atoms with Crippen molar-refractivity contribution in [2.75, 3.05) is 18.1 Å². The Morgan fingerprint density at radius 3 is 2.71 bits per heavy atom. The fourth-order valence-corrected chi connectivity index (χ4v) is 3.81. The number of carbonyl (C=O) groups excluding carboxylic acids is 1. The lowest BCUT2D eigenvalue weighted by molar-refractivity contribution is 0.0934. The predicted molar refractivity (Wildman–Crippen MR) is 79.6 cm³/mol. The molecule has 2 heterocycles. The average Bonchev–Trinajstić information content (AvgIpc) is 2.43. The van der Waals surface area contributed by atoms with Crippen molar-refractivity contribution in [1.29, 1.82) is 0 Å². The van der Waals surface area contributed by atoms with Crippen LogP contribution in [0.2, 0.25) is 5.02 Å². The lowest BCUT2D eigenvalue weighted by Crippen LogP contribution is -2.40. The predicted octanol–water partition coefficient (Wildman–Crippen LogP) is 1.44. The zero-order valence-corrected chi connectivity index (χ0v) is 13.2. The Balaban J connectivity index is 1.99. The smallest absolute Gasteiger partial charge is 0.253 e. The van der Waals surface area contributed by atoms with Crippen LogP contribution in [0.25, 0.3) is 0 Å². The van der Waals surface area contributed by atoms with Crippen molar-refractivity contribution >= 4 is 27.3 Å². The molecule has 1 aliphatic heterocycles. The van der Waals surface area contributed by atoms with E-state index in [2.05, 4.69) is 10.3 Å². The Morgan fingerprint density at radius 1 is 1.48 bits per heavy atom. The molecule has 21 heavy (non-hydrogen) atoms. The van der Waals surface area contributed by atoms with Crippen LogP contribution in [0.1, 0.15) is 30.1 Å². The highest BCUT2D eigenvalue weighted by Gasteiger charge is 2.25. The molecular weight excluding hydrogens is 316 g/mol. The number of nitrogens with one attached hydrogen (secondary N) is 1. The SMILES string of the molecule is CCOc1ncc(C(=O)NC2CCS(=O)(=O)CC2)cc1Cl. The number of amides is 1. The van der Waals surface area contributed by atoms with Crippen molar-refractivity contribution in [3.05, 3.63) is 22.8 Å². The highest BCUT2D eigenvalue weighted by Crippen LogP contribution is 2.22. The van der Waals surface area contributed by atoms with Gasteiger partial charge in [0.1, 0.15) is 14.9 Å². The normalized spacial score (nSPS) is 18.2. The quantitative estimate of drug-likeness (QED) is 0.901. The van der Waals surface area contributed by atoms with Gasteiger partial charge in [-0.1, -0.05) is 11.6 Å². The molecule has 1 saturated heterocycles. The van der Waals surface area contributed by atoms with Crippen LogP contribution in [-0.4, -0.2) is 43.5 Å².